The van der Waals surface area contributed by atoms with Gasteiger partial charge in [-0.3, -0.25) is 0 Å². The Hall–Kier alpha value is -1.23. The van der Waals surface area contributed by atoms with Gasteiger partial charge in [0.1, 0.15) is 5.75 Å². The van der Waals surface area contributed by atoms with Crippen LogP contribution in [-0.2, 0) is 0 Å². The summed E-state index contributed by atoms with van der Waals surface area (Å²) in [4.78, 5) is 0. The van der Waals surface area contributed by atoms with Gasteiger partial charge in [0.2, 0.25) is 0 Å². The maximum absolute atomic E-state index is 5.97. The van der Waals surface area contributed by atoms with Crippen molar-refractivity contribution in [3.8, 4) is 5.75 Å². The fourth-order valence-corrected chi connectivity index (χ4v) is 2.96. The number of benzene rings is 2. The molecule has 0 bridgehead atoms. The van der Waals surface area contributed by atoms with Crippen LogP contribution in [0.3, 0.4) is 0 Å². The quantitative estimate of drug-likeness (QED) is 0.844. The smallest absolute Gasteiger partial charge is 0.141 e. The SMILES string of the molecule is COc1ccccc1NC(CN)c1ccc(Cl)cc1Br. The van der Waals surface area contributed by atoms with Crippen LogP contribution in [0.1, 0.15) is 11.6 Å². The van der Waals surface area contributed by atoms with Gasteiger partial charge in [-0.05, 0) is 29.8 Å². The van der Waals surface area contributed by atoms with Crippen LogP contribution in [0.5, 0.6) is 5.75 Å². The number of ether oxygens (including phenoxy) is 1. The van der Waals surface area contributed by atoms with E-state index < -0.39 is 0 Å². The van der Waals surface area contributed by atoms with Crippen molar-refractivity contribution in [1.82, 2.24) is 0 Å². The standard InChI is InChI=1S/C15H16BrClN2O/c1-20-15-5-3-2-4-13(15)19-14(9-18)11-7-6-10(17)8-12(11)16/h2-8,14,19H,9,18H2,1H3. The first-order chi connectivity index (χ1) is 9.65. The molecule has 0 radical (unpaired) electrons. The summed E-state index contributed by atoms with van der Waals surface area (Å²) in [6, 6.07) is 13.4. The van der Waals surface area contributed by atoms with Gasteiger partial charge < -0.3 is 15.8 Å². The molecule has 0 spiro atoms. The highest BCUT2D eigenvalue weighted by atomic mass is 79.9. The molecule has 0 fully saturated rings. The summed E-state index contributed by atoms with van der Waals surface area (Å²) in [5, 5.41) is 4.09. The third-order valence-corrected chi connectivity index (χ3v) is 3.93. The predicted molar refractivity (Wildman–Crippen MR) is 87.6 cm³/mol. The van der Waals surface area contributed by atoms with E-state index in [9.17, 15) is 0 Å². The third-order valence-electron chi connectivity index (χ3n) is 3.01. The van der Waals surface area contributed by atoms with Crippen LogP contribution in [-0.4, -0.2) is 13.7 Å². The molecule has 0 aromatic heterocycles. The molecule has 3 N–H and O–H groups in total. The van der Waals surface area contributed by atoms with Gasteiger partial charge >= 0.3 is 0 Å². The van der Waals surface area contributed by atoms with E-state index in [4.69, 9.17) is 22.1 Å². The van der Waals surface area contributed by atoms with Crippen molar-refractivity contribution < 1.29 is 4.74 Å². The molecule has 1 unspecified atom stereocenters. The van der Waals surface area contributed by atoms with Gasteiger partial charge in [-0.1, -0.05) is 45.7 Å². The number of nitrogens with one attached hydrogen (secondary N) is 1. The molecule has 2 aromatic carbocycles. The number of nitrogens with two attached hydrogens (primary N) is 1. The predicted octanol–water partition coefficient (Wildman–Crippen LogP) is 4.22. The molecule has 3 nitrogen and oxygen atoms in total. The summed E-state index contributed by atoms with van der Waals surface area (Å²) in [6.07, 6.45) is 0. The summed E-state index contributed by atoms with van der Waals surface area (Å²) >= 11 is 9.50. The first-order valence-corrected chi connectivity index (χ1v) is 7.37. The largest absolute Gasteiger partial charge is 0.495 e. The second-order valence-electron chi connectivity index (χ2n) is 4.30. The summed E-state index contributed by atoms with van der Waals surface area (Å²) in [5.74, 6) is 0.788. The molecule has 2 rings (SSSR count). The number of halogens is 2. The average Bonchev–Trinajstić information content (AvgIpc) is 2.46. The minimum absolute atomic E-state index is 0.0297. The van der Waals surface area contributed by atoms with Crippen LogP contribution in [0, 0.1) is 0 Å². The highest BCUT2D eigenvalue weighted by molar-refractivity contribution is 9.10. The molecular formula is C15H16BrClN2O. The Balaban J connectivity index is 2.29. The van der Waals surface area contributed by atoms with E-state index in [1.54, 1.807) is 7.11 Å². The van der Waals surface area contributed by atoms with Crippen molar-refractivity contribution in [3.63, 3.8) is 0 Å². The highest BCUT2D eigenvalue weighted by Gasteiger charge is 2.14. The van der Waals surface area contributed by atoms with Gasteiger partial charge in [0, 0.05) is 16.0 Å². The van der Waals surface area contributed by atoms with E-state index in [0.717, 1.165) is 21.5 Å². The van der Waals surface area contributed by atoms with Crippen molar-refractivity contribution in [1.29, 1.82) is 0 Å². The molecule has 2 aromatic rings. The lowest BCUT2D eigenvalue weighted by Gasteiger charge is -2.21. The topological polar surface area (TPSA) is 47.3 Å². The van der Waals surface area contributed by atoms with E-state index in [1.165, 1.54) is 0 Å². The van der Waals surface area contributed by atoms with Crippen LogP contribution in [0.2, 0.25) is 5.02 Å². The molecule has 0 saturated carbocycles. The van der Waals surface area contributed by atoms with Crippen molar-refractivity contribution in [2.75, 3.05) is 19.0 Å². The van der Waals surface area contributed by atoms with E-state index in [1.807, 2.05) is 42.5 Å². The van der Waals surface area contributed by atoms with E-state index in [2.05, 4.69) is 21.2 Å². The zero-order valence-corrected chi connectivity index (χ0v) is 13.4. The van der Waals surface area contributed by atoms with Crippen molar-refractivity contribution in [3.05, 3.63) is 57.5 Å². The van der Waals surface area contributed by atoms with Crippen molar-refractivity contribution in [2.24, 2.45) is 5.73 Å². The average molecular weight is 356 g/mol. The van der Waals surface area contributed by atoms with Gasteiger partial charge in [-0.25, -0.2) is 0 Å². The van der Waals surface area contributed by atoms with Crippen LogP contribution in [0.4, 0.5) is 5.69 Å². The van der Waals surface area contributed by atoms with Crippen LogP contribution < -0.4 is 15.8 Å². The lowest BCUT2D eigenvalue weighted by molar-refractivity contribution is 0.416. The van der Waals surface area contributed by atoms with Crippen molar-refractivity contribution >= 4 is 33.2 Å². The molecule has 0 aliphatic rings. The molecule has 106 valence electrons. The lowest BCUT2D eigenvalue weighted by atomic mass is 10.1. The number of anilines is 1. The summed E-state index contributed by atoms with van der Waals surface area (Å²) in [7, 11) is 1.65. The molecule has 1 atom stereocenters. The summed E-state index contributed by atoms with van der Waals surface area (Å²) in [6.45, 7) is 0.457. The van der Waals surface area contributed by atoms with Gasteiger partial charge in [0.25, 0.3) is 0 Å². The lowest BCUT2D eigenvalue weighted by Crippen LogP contribution is -2.21. The minimum Gasteiger partial charge on any atom is -0.495 e. The molecule has 0 amide bonds. The van der Waals surface area contributed by atoms with Crippen LogP contribution in [0.25, 0.3) is 0 Å². The zero-order chi connectivity index (χ0) is 14.5. The molecule has 0 aliphatic carbocycles. The second kappa shape index (κ2) is 6.97. The van der Waals surface area contributed by atoms with E-state index in [-0.39, 0.29) is 6.04 Å². The highest BCUT2D eigenvalue weighted by Crippen LogP contribution is 2.31. The Morgan fingerprint density at radius 1 is 1.30 bits per heavy atom. The molecule has 0 saturated heterocycles. The number of hydrogen-bond acceptors (Lipinski definition) is 3. The maximum Gasteiger partial charge on any atom is 0.141 e. The normalized spacial score (nSPS) is 12.0. The number of rotatable bonds is 5. The fourth-order valence-electron chi connectivity index (χ4n) is 2.00. The maximum atomic E-state index is 5.97. The Morgan fingerprint density at radius 3 is 2.70 bits per heavy atom. The Morgan fingerprint density at radius 2 is 2.05 bits per heavy atom. The molecular weight excluding hydrogens is 340 g/mol. The monoisotopic (exact) mass is 354 g/mol. The zero-order valence-electron chi connectivity index (χ0n) is 11.1. The summed E-state index contributed by atoms with van der Waals surface area (Å²) in [5.41, 5.74) is 7.86. The fraction of sp³-hybridized carbons (Fsp3) is 0.200. The van der Waals surface area contributed by atoms with Crippen molar-refractivity contribution in [2.45, 2.75) is 6.04 Å². The Bertz CT molecular complexity index is 592. The Labute approximate surface area is 132 Å². The second-order valence-corrected chi connectivity index (χ2v) is 5.59. The molecule has 5 heteroatoms. The van der Waals surface area contributed by atoms with E-state index >= 15 is 0 Å². The third kappa shape index (κ3) is 3.45. The number of para-hydroxylation sites is 2. The Kier molecular flexibility index (Phi) is 5.29. The summed E-state index contributed by atoms with van der Waals surface area (Å²) < 4.78 is 6.27. The first-order valence-electron chi connectivity index (χ1n) is 6.20. The molecule has 0 heterocycles. The minimum atomic E-state index is -0.0297. The molecule has 0 aliphatic heterocycles. The first kappa shape index (κ1) is 15.2. The molecule has 20 heavy (non-hydrogen) atoms. The van der Waals surface area contributed by atoms with E-state index in [0.29, 0.717) is 11.6 Å². The number of methoxy groups -OCH3 is 1. The number of hydrogen-bond donors (Lipinski definition) is 2. The van der Waals surface area contributed by atoms with Gasteiger partial charge in [0.05, 0.1) is 18.8 Å². The van der Waals surface area contributed by atoms with Gasteiger partial charge in [-0.2, -0.15) is 0 Å². The van der Waals surface area contributed by atoms with Gasteiger partial charge in [-0.15, -0.1) is 0 Å². The van der Waals surface area contributed by atoms with Crippen LogP contribution in [0.15, 0.2) is 46.9 Å². The van der Waals surface area contributed by atoms with Crippen LogP contribution >= 0.6 is 27.5 Å². The van der Waals surface area contributed by atoms with Gasteiger partial charge in [0.15, 0.2) is 0 Å².